The van der Waals surface area contributed by atoms with E-state index in [-0.39, 0.29) is 24.2 Å². The van der Waals surface area contributed by atoms with Crippen LogP contribution in [-0.2, 0) is 4.74 Å². The monoisotopic (exact) mass is 425 g/mol. The second-order valence-electron chi connectivity index (χ2n) is 8.10. The maximum Gasteiger partial charge on any atom is 0.410 e. The van der Waals surface area contributed by atoms with Crippen molar-refractivity contribution < 1.29 is 9.53 Å². The molecule has 5 nitrogen and oxygen atoms in total. The minimum absolute atomic E-state index is 0.0197. The van der Waals surface area contributed by atoms with Crippen molar-refractivity contribution in [2.75, 3.05) is 11.9 Å². The zero-order chi connectivity index (χ0) is 19.3. The van der Waals surface area contributed by atoms with E-state index in [1.807, 2.05) is 56.0 Å². The molecule has 3 unspecified atom stereocenters. The summed E-state index contributed by atoms with van der Waals surface area (Å²) < 4.78 is 5.62. The fourth-order valence-corrected chi connectivity index (χ4v) is 3.88. The van der Waals surface area contributed by atoms with Gasteiger partial charge in [-0.25, -0.2) is 4.79 Å². The first-order chi connectivity index (χ1) is 12.2. The number of benzene rings is 1. The number of hydrogen-bond acceptors (Lipinski definition) is 4. The Kier molecular flexibility index (Phi) is 7.35. The van der Waals surface area contributed by atoms with Gasteiger partial charge in [-0.15, -0.1) is 0 Å². The van der Waals surface area contributed by atoms with Crippen molar-refractivity contribution in [2.45, 2.75) is 75.5 Å². The number of nitrogens with two attached hydrogens (primary N) is 1. The van der Waals surface area contributed by atoms with Crippen molar-refractivity contribution in [1.82, 2.24) is 4.90 Å². The number of carbonyl (C=O) groups excluding carboxylic acids is 1. The molecule has 6 heteroatoms. The Balaban J connectivity index is 2.20. The zero-order valence-corrected chi connectivity index (χ0v) is 17.8. The van der Waals surface area contributed by atoms with Crippen LogP contribution in [0.15, 0.2) is 30.3 Å². The number of rotatable bonds is 6. The molecule has 0 radical (unpaired) electrons. The third kappa shape index (κ3) is 6.16. The third-order valence-electron chi connectivity index (χ3n) is 4.51. The number of ether oxygens (including phenoxy) is 1. The molecule has 3 N–H and O–H groups in total. The van der Waals surface area contributed by atoms with Gasteiger partial charge in [-0.1, -0.05) is 41.1 Å². The largest absolute Gasteiger partial charge is 0.444 e. The highest BCUT2D eigenvalue weighted by atomic mass is 79.9. The maximum absolute atomic E-state index is 12.7. The number of alkyl halides is 1. The Morgan fingerprint density at radius 3 is 2.62 bits per heavy atom. The van der Waals surface area contributed by atoms with Crippen LogP contribution in [-0.4, -0.2) is 46.1 Å². The first-order valence-corrected chi connectivity index (χ1v) is 10.3. The molecule has 1 saturated heterocycles. The summed E-state index contributed by atoms with van der Waals surface area (Å²) in [4.78, 5) is 14.9. The van der Waals surface area contributed by atoms with Crippen LogP contribution >= 0.6 is 15.9 Å². The number of likely N-dealkylation sites (tertiary alicyclic amines) is 1. The van der Waals surface area contributed by atoms with E-state index in [1.165, 1.54) is 0 Å². The number of halogens is 1. The van der Waals surface area contributed by atoms with Gasteiger partial charge >= 0.3 is 6.09 Å². The Bertz CT molecular complexity index is 574. The number of para-hydroxylation sites is 1. The van der Waals surface area contributed by atoms with Gasteiger partial charge in [0.15, 0.2) is 0 Å². The van der Waals surface area contributed by atoms with Crippen molar-refractivity contribution in [3.63, 3.8) is 0 Å². The summed E-state index contributed by atoms with van der Waals surface area (Å²) in [6.45, 7) is 8.50. The SMILES string of the molecule is CC(Br)CC(N)C(Nc1ccccc1)[C@@H]1CCCN1C(=O)OC(C)(C)C. The molecule has 1 amide bonds. The van der Waals surface area contributed by atoms with Crippen LogP contribution in [0.2, 0.25) is 0 Å². The topological polar surface area (TPSA) is 67.6 Å². The standard InChI is InChI=1S/C20H32BrN3O2/c1-14(21)13-16(22)18(23-15-9-6-5-7-10-15)17-11-8-12-24(17)19(25)26-20(2,3)4/h5-7,9-10,14,16-18,23H,8,11-13,22H2,1-4H3/t14?,16?,17-,18?/m0/s1. The molecule has 146 valence electrons. The summed E-state index contributed by atoms with van der Waals surface area (Å²) >= 11 is 3.61. The van der Waals surface area contributed by atoms with Gasteiger partial charge in [-0.05, 0) is 52.2 Å². The summed E-state index contributed by atoms with van der Waals surface area (Å²) in [5.74, 6) is 0. The molecule has 1 aromatic rings. The van der Waals surface area contributed by atoms with Crippen LogP contribution in [0.3, 0.4) is 0 Å². The number of hydrogen-bond donors (Lipinski definition) is 2. The minimum atomic E-state index is -0.501. The van der Waals surface area contributed by atoms with Crippen LogP contribution in [0.5, 0.6) is 0 Å². The van der Waals surface area contributed by atoms with Crippen molar-refractivity contribution in [3.05, 3.63) is 30.3 Å². The molecule has 0 saturated carbocycles. The lowest BCUT2D eigenvalue weighted by atomic mass is 9.94. The molecule has 0 aromatic heterocycles. The summed E-state index contributed by atoms with van der Waals surface area (Å²) in [6.07, 6.45) is 2.46. The lowest BCUT2D eigenvalue weighted by Crippen LogP contribution is -2.55. The Morgan fingerprint density at radius 2 is 2.04 bits per heavy atom. The molecular weight excluding hydrogens is 394 g/mol. The molecule has 0 aliphatic carbocycles. The van der Waals surface area contributed by atoms with Gasteiger partial charge in [0, 0.05) is 23.1 Å². The van der Waals surface area contributed by atoms with Gasteiger partial charge in [0.2, 0.25) is 0 Å². The fraction of sp³-hybridized carbons (Fsp3) is 0.650. The number of nitrogens with one attached hydrogen (secondary N) is 1. The van der Waals surface area contributed by atoms with E-state index in [0.29, 0.717) is 11.4 Å². The van der Waals surface area contributed by atoms with E-state index in [9.17, 15) is 4.79 Å². The van der Waals surface area contributed by atoms with Crippen molar-refractivity contribution in [3.8, 4) is 0 Å². The normalized spacial score (nSPS) is 21.2. The predicted octanol–water partition coefficient (Wildman–Crippen LogP) is 4.37. The van der Waals surface area contributed by atoms with E-state index in [4.69, 9.17) is 10.5 Å². The predicted molar refractivity (Wildman–Crippen MR) is 111 cm³/mol. The van der Waals surface area contributed by atoms with E-state index in [1.54, 1.807) is 0 Å². The van der Waals surface area contributed by atoms with Gasteiger partial charge in [0.1, 0.15) is 5.60 Å². The van der Waals surface area contributed by atoms with Gasteiger partial charge in [0.25, 0.3) is 0 Å². The van der Waals surface area contributed by atoms with Crippen LogP contribution in [0.4, 0.5) is 10.5 Å². The lowest BCUT2D eigenvalue weighted by molar-refractivity contribution is 0.0206. The average molecular weight is 426 g/mol. The highest BCUT2D eigenvalue weighted by molar-refractivity contribution is 9.09. The number of carbonyl (C=O) groups is 1. The summed E-state index contributed by atoms with van der Waals surface area (Å²) in [6, 6.07) is 9.95. The third-order valence-corrected chi connectivity index (χ3v) is 4.88. The summed E-state index contributed by atoms with van der Waals surface area (Å²) in [5.41, 5.74) is 7.08. The molecular formula is C20H32BrN3O2. The maximum atomic E-state index is 12.7. The number of nitrogens with zero attached hydrogens (tertiary/aromatic N) is 1. The first kappa shape index (κ1) is 21.0. The number of amides is 1. The summed E-state index contributed by atoms with van der Waals surface area (Å²) in [5, 5.41) is 3.58. The Morgan fingerprint density at radius 1 is 1.38 bits per heavy atom. The molecule has 0 bridgehead atoms. The smallest absolute Gasteiger partial charge is 0.410 e. The van der Waals surface area contributed by atoms with E-state index in [2.05, 4.69) is 28.2 Å². The molecule has 0 spiro atoms. The van der Waals surface area contributed by atoms with Crippen LogP contribution in [0, 0.1) is 0 Å². The first-order valence-electron chi connectivity index (χ1n) is 9.38. The minimum Gasteiger partial charge on any atom is -0.444 e. The Labute approximate surface area is 165 Å². The van der Waals surface area contributed by atoms with Crippen LogP contribution in [0.25, 0.3) is 0 Å². The number of anilines is 1. The molecule has 1 aromatic carbocycles. The molecule has 4 atom stereocenters. The zero-order valence-electron chi connectivity index (χ0n) is 16.2. The molecule has 1 heterocycles. The molecule has 1 fully saturated rings. The highest BCUT2D eigenvalue weighted by Gasteiger charge is 2.39. The van der Waals surface area contributed by atoms with Crippen LogP contribution in [0.1, 0.15) is 47.0 Å². The molecule has 1 aliphatic rings. The lowest BCUT2D eigenvalue weighted by Gasteiger charge is -2.37. The Hall–Kier alpha value is -1.27. The molecule has 2 rings (SSSR count). The molecule has 26 heavy (non-hydrogen) atoms. The quantitative estimate of drug-likeness (QED) is 0.663. The molecule has 1 aliphatic heterocycles. The van der Waals surface area contributed by atoms with Gasteiger partial charge in [-0.3, -0.25) is 0 Å². The second kappa shape index (κ2) is 9.09. The highest BCUT2D eigenvalue weighted by Crippen LogP contribution is 2.27. The second-order valence-corrected chi connectivity index (χ2v) is 9.66. The van der Waals surface area contributed by atoms with Gasteiger partial charge < -0.3 is 20.7 Å². The van der Waals surface area contributed by atoms with Crippen molar-refractivity contribution in [2.24, 2.45) is 5.73 Å². The van der Waals surface area contributed by atoms with Gasteiger partial charge in [0.05, 0.1) is 12.1 Å². The van der Waals surface area contributed by atoms with Crippen LogP contribution < -0.4 is 11.1 Å². The van der Waals surface area contributed by atoms with E-state index in [0.717, 1.165) is 24.9 Å². The van der Waals surface area contributed by atoms with Gasteiger partial charge in [-0.2, -0.15) is 0 Å². The van der Waals surface area contributed by atoms with Crippen molar-refractivity contribution in [1.29, 1.82) is 0 Å². The fourth-order valence-electron chi connectivity index (χ4n) is 3.45. The average Bonchev–Trinajstić information content (AvgIpc) is 3.00. The van der Waals surface area contributed by atoms with E-state index >= 15 is 0 Å². The van der Waals surface area contributed by atoms with E-state index < -0.39 is 5.60 Å². The van der Waals surface area contributed by atoms with Crippen molar-refractivity contribution >= 4 is 27.7 Å². The summed E-state index contributed by atoms with van der Waals surface area (Å²) in [7, 11) is 0.